The Morgan fingerprint density at radius 3 is 2.90 bits per heavy atom. The highest BCUT2D eigenvalue weighted by Gasteiger charge is 2.12. The normalized spacial score (nSPS) is 12.3. The number of benzene rings is 1. The summed E-state index contributed by atoms with van der Waals surface area (Å²) in [4.78, 5) is 21.5. The third-order valence-electron chi connectivity index (χ3n) is 2.54. The lowest BCUT2D eigenvalue weighted by atomic mass is 10.1. The van der Waals surface area contributed by atoms with Gasteiger partial charge in [-0.3, -0.25) is 14.9 Å². The van der Waals surface area contributed by atoms with E-state index in [1.54, 1.807) is 6.92 Å². The number of carbonyl (C=O) groups excluding carboxylic acids is 1. The summed E-state index contributed by atoms with van der Waals surface area (Å²) >= 11 is 0. The van der Waals surface area contributed by atoms with E-state index < -0.39 is 22.3 Å². The third-order valence-corrected chi connectivity index (χ3v) is 2.54. The van der Waals surface area contributed by atoms with Gasteiger partial charge in [-0.25, -0.2) is 4.39 Å². The van der Waals surface area contributed by atoms with Gasteiger partial charge >= 0.3 is 0 Å². The second kappa shape index (κ2) is 7.34. The molecular formula is C13H15FN2O4. The molecule has 0 fully saturated rings. The highest BCUT2D eigenvalue weighted by atomic mass is 19.1. The first kappa shape index (κ1) is 15.8. The topological polar surface area (TPSA) is 92.5 Å². The molecule has 0 aliphatic rings. The van der Waals surface area contributed by atoms with Gasteiger partial charge in [0, 0.05) is 19.2 Å². The maximum Gasteiger partial charge on any atom is 0.279 e. The van der Waals surface area contributed by atoms with E-state index in [1.807, 2.05) is 0 Å². The zero-order valence-corrected chi connectivity index (χ0v) is 10.9. The Labute approximate surface area is 115 Å². The van der Waals surface area contributed by atoms with Crippen molar-refractivity contribution in [1.82, 2.24) is 5.32 Å². The fourth-order valence-electron chi connectivity index (χ4n) is 1.38. The van der Waals surface area contributed by atoms with Crippen LogP contribution >= 0.6 is 0 Å². The Bertz CT molecular complexity index is 531. The first-order valence-electron chi connectivity index (χ1n) is 5.94. The third kappa shape index (κ3) is 4.77. The van der Waals surface area contributed by atoms with Gasteiger partial charge < -0.3 is 10.4 Å². The number of rotatable bonds is 6. The first-order chi connectivity index (χ1) is 9.43. The molecule has 1 aromatic carbocycles. The molecule has 2 N–H and O–H groups in total. The molecule has 1 unspecified atom stereocenters. The van der Waals surface area contributed by atoms with Gasteiger partial charge in [0.1, 0.15) is 5.82 Å². The number of nitrogens with one attached hydrogen (secondary N) is 1. The second-order valence-corrected chi connectivity index (χ2v) is 4.33. The lowest BCUT2D eigenvalue weighted by Gasteiger charge is -2.07. The van der Waals surface area contributed by atoms with E-state index in [0.717, 1.165) is 18.2 Å². The average molecular weight is 282 g/mol. The van der Waals surface area contributed by atoms with Crippen LogP contribution in [0.1, 0.15) is 12.5 Å². The SMILES string of the molecule is CC(CO)CNC(=O)/C=C/c1ccc(F)cc1[N+](=O)[O-]. The molecule has 1 amide bonds. The highest BCUT2D eigenvalue weighted by molar-refractivity contribution is 5.92. The molecule has 0 bridgehead atoms. The standard InChI is InChI=1S/C13H15FN2O4/c1-9(8-17)7-15-13(18)5-3-10-2-4-11(14)6-12(10)16(19)20/h2-6,9,17H,7-8H2,1H3,(H,15,18)/b5-3+. The van der Waals surface area contributed by atoms with Gasteiger partial charge in [-0.05, 0) is 24.1 Å². The molecule has 0 saturated carbocycles. The Morgan fingerprint density at radius 2 is 2.30 bits per heavy atom. The fraction of sp³-hybridized carbons (Fsp3) is 0.308. The summed E-state index contributed by atoms with van der Waals surface area (Å²) in [6.45, 7) is 2.01. The van der Waals surface area contributed by atoms with Crippen LogP contribution in [0.3, 0.4) is 0 Å². The summed E-state index contributed by atoms with van der Waals surface area (Å²) in [5.74, 6) is -1.23. The van der Waals surface area contributed by atoms with E-state index >= 15 is 0 Å². The van der Waals surface area contributed by atoms with Crippen LogP contribution in [0.15, 0.2) is 24.3 Å². The molecule has 0 aliphatic carbocycles. The molecule has 0 heterocycles. The Balaban J connectivity index is 2.75. The molecule has 108 valence electrons. The predicted octanol–water partition coefficient (Wildman–Crippen LogP) is 1.49. The highest BCUT2D eigenvalue weighted by Crippen LogP contribution is 2.20. The van der Waals surface area contributed by atoms with Gasteiger partial charge in [-0.2, -0.15) is 0 Å². The minimum Gasteiger partial charge on any atom is -0.396 e. The number of aliphatic hydroxyl groups excluding tert-OH is 1. The molecule has 0 spiro atoms. The van der Waals surface area contributed by atoms with Crippen LogP contribution < -0.4 is 5.32 Å². The molecule has 0 radical (unpaired) electrons. The van der Waals surface area contributed by atoms with Crippen molar-refractivity contribution in [3.05, 3.63) is 45.8 Å². The van der Waals surface area contributed by atoms with E-state index in [1.165, 1.54) is 12.1 Å². The van der Waals surface area contributed by atoms with Gasteiger partial charge in [-0.15, -0.1) is 0 Å². The smallest absolute Gasteiger partial charge is 0.279 e. The Hall–Kier alpha value is -2.28. The van der Waals surface area contributed by atoms with Gasteiger partial charge in [0.25, 0.3) is 5.69 Å². The number of aliphatic hydroxyl groups is 1. The Kier molecular flexibility index (Phi) is 5.79. The maximum atomic E-state index is 12.9. The summed E-state index contributed by atoms with van der Waals surface area (Å²) in [5.41, 5.74) is -0.264. The summed E-state index contributed by atoms with van der Waals surface area (Å²) < 4.78 is 12.9. The van der Waals surface area contributed by atoms with Gasteiger partial charge in [0.05, 0.1) is 16.6 Å². The van der Waals surface area contributed by atoms with Crippen LogP contribution in [-0.2, 0) is 4.79 Å². The zero-order valence-electron chi connectivity index (χ0n) is 10.9. The maximum absolute atomic E-state index is 12.9. The minimum absolute atomic E-state index is 0.0482. The summed E-state index contributed by atoms with van der Waals surface area (Å²) in [6, 6.07) is 3.11. The van der Waals surface area contributed by atoms with E-state index in [-0.39, 0.29) is 18.1 Å². The predicted molar refractivity (Wildman–Crippen MR) is 71.3 cm³/mol. The quantitative estimate of drug-likeness (QED) is 0.469. The number of amides is 1. The van der Waals surface area contributed by atoms with Crippen molar-refractivity contribution in [1.29, 1.82) is 0 Å². The molecule has 0 saturated heterocycles. The molecule has 1 aromatic rings. The summed E-state index contributed by atoms with van der Waals surface area (Å²) in [5, 5.41) is 22.1. The number of hydrogen-bond acceptors (Lipinski definition) is 4. The molecule has 6 nitrogen and oxygen atoms in total. The van der Waals surface area contributed by atoms with E-state index in [4.69, 9.17) is 5.11 Å². The summed E-state index contributed by atoms with van der Waals surface area (Å²) in [7, 11) is 0. The van der Waals surface area contributed by atoms with Crippen molar-refractivity contribution >= 4 is 17.7 Å². The molecular weight excluding hydrogens is 267 g/mol. The molecule has 0 aliphatic heterocycles. The zero-order chi connectivity index (χ0) is 15.1. The molecule has 0 aromatic heterocycles. The van der Waals surface area contributed by atoms with Crippen molar-refractivity contribution in [2.45, 2.75) is 6.92 Å². The number of carbonyl (C=O) groups is 1. The number of nitro benzene ring substituents is 1. The molecule has 20 heavy (non-hydrogen) atoms. The molecule has 1 atom stereocenters. The van der Waals surface area contributed by atoms with E-state index in [2.05, 4.69) is 5.32 Å². The lowest BCUT2D eigenvalue weighted by Crippen LogP contribution is -2.27. The number of nitro groups is 1. The van der Waals surface area contributed by atoms with Crippen LogP contribution in [0.4, 0.5) is 10.1 Å². The number of nitrogens with zero attached hydrogens (tertiary/aromatic N) is 1. The van der Waals surface area contributed by atoms with Crippen molar-refractivity contribution in [3.63, 3.8) is 0 Å². The monoisotopic (exact) mass is 282 g/mol. The van der Waals surface area contributed by atoms with Gasteiger partial charge in [0.2, 0.25) is 5.91 Å². The van der Waals surface area contributed by atoms with E-state index in [9.17, 15) is 19.3 Å². The Morgan fingerprint density at radius 1 is 1.60 bits per heavy atom. The fourth-order valence-corrected chi connectivity index (χ4v) is 1.38. The second-order valence-electron chi connectivity index (χ2n) is 4.33. The van der Waals surface area contributed by atoms with Crippen molar-refractivity contribution < 1.29 is 19.2 Å². The van der Waals surface area contributed by atoms with Gasteiger partial charge in [0.15, 0.2) is 0 Å². The number of hydrogen-bond donors (Lipinski definition) is 2. The lowest BCUT2D eigenvalue weighted by molar-refractivity contribution is -0.385. The molecule has 7 heteroatoms. The van der Waals surface area contributed by atoms with Crippen LogP contribution in [0.25, 0.3) is 6.08 Å². The van der Waals surface area contributed by atoms with E-state index in [0.29, 0.717) is 6.54 Å². The number of halogens is 1. The van der Waals surface area contributed by atoms with Crippen molar-refractivity contribution in [2.75, 3.05) is 13.2 Å². The van der Waals surface area contributed by atoms with Gasteiger partial charge in [-0.1, -0.05) is 6.92 Å². The minimum atomic E-state index is -0.714. The van der Waals surface area contributed by atoms with Crippen molar-refractivity contribution in [2.24, 2.45) is 5.92 Å². The van der Waals surface area contributed by atoms with Crippen molar-refractivity contribution in [3.8, 4) is 0 Å². The average Bonchev–Trinajstić information content (AvgIpc) is 2.43. The van der Waals surface area contributed by atoms with Crippen LogP contribution in [-0.4, -0.2) is 29.1 Å². The van der Waals surface area contributed by atoms with Crippen LogP contribution in [0.2, 0.25) is 0 Å². The van der Waals surface area contributed by atoms with Crippen LogP contribution in [0.5, 0.6) is 0 Å². The first-order valence-corrected chi connectivity index (χ1v) is 5.94. The largest absolute Gasteiger partial charge is 0.396 e. The molecule has 1 rings (SSSR count). The van der Waals surface area contributed by atoms with Crippen LogP contribution in [0, 0.1) is 21.8 Å². The summed E-state index contributed by atoms with van der Waals surface area (Å²) in [6.07, 6.45) is 2.38.